The van der Waals surface area contributed by atoms with E-state index in [9.17, 15) is 4.79 Å². The van der Waals surface area contributed by atoms with Gasteiger partial charge in [0.15, 0.2) is 0 Å². The van der Waals surface area contributed by atoms with Crippen LogP contribution in [0.1, 0.15) is 42.5 Å². The molecular formula is C17H21Cl2NO2. The molecule has 2 aliphatic heterocycles. The summed E-state index contributed by atoms with van der Waals surface area (Å²) in [6.45, 7) is 2.87. The van der Waals surface area contributed by atoms with Gasteiger partial charge in [0.25, 0.3) is 0 Å². The number of hydrogen-bond donors (Lipinski definition) is 0. The van der Waals surface area contributed by atoms with Gasteiger partial charge in [-0.05, 0) is 57.0 Å². The minimum atomic E-state index is -0.352. The third-order valence-corrected chi connectivity index (χ3v) is 5.36. The van der Waals surface area contributed by atoms with Crippen molar-refractivity contribution in [3.05, 3.63) is 33.8 Å². The van der Waals surface area contributed by atoms with Gasteiger partial charge in [0.1, 0.15) is 0 Å². The molecule has 0 bridgehead atoms. The zero-order chi connectivity index (χ0) is 15.5. The van der Waals surface area contributed by atoms with E-state index < -0.39 is 0 Å². The highest BCUT2D eigenvalue weighted by Gasteiger charge is 2.33. The maximum absolute atomic E-state index is 12.2. The number of hydrogen-bond acceptors (Lipinski definition) is 3. The van der Waals surface area contributed by atoms with Crippen molar-refractivity contribution < 1.29 is 9.53 Å². The Kier molecular flexibility index (Phi) is 5.27. The minimum absolute atomic E-state index is 0.348. The molecule has 0 aliphatic carbocycles. The van der Waals surface area contributed by atoms with Crippen molar-refractivity contribution >= 4 is 29.2 Å². The maximum atomic E-state index is 12.2. The number of benzene rings is 1. The van der Waals surface area contributed by atoms with Crippen LogP contribution in [0, 0.1) is 5.92 Å². The largest absolute Gasteiger partial charge is 0.462 e. The molecule has 0 aromatic heterocycles. The number of esters is 1. The van der Waals surface area contributed by atoms with Gasteiger partial charge in [-0.2, -0.15) is 0 Å². The van der Waals surface area contributed by atoms with E-state index in [2.05, 4.69) is 4.90 Å². The molecule has 120 valence electrons. The van der Waals surface area contributed by atoms with E-state index in [4.69, 9.17) is 27.9 Å². The standard InChI is InChI=1S/C17H21Cl2NO2/c18-13-6-7-14(15(19)10-13)17(21)22-11-12-4-3-9-20-8-2-1-5-16(12)20/h6-7,10,12,16H,1-5,8-9,11H2/t12-,16+/m1/s1. The normalized spacial score (nSPS) is 25.5. The Labute approximate surface area is 141 Å². The Morgan fingerprint density at radius 3 is 2.82 bits per heavy atom. The van der Waals surface area contributed by atoms with Gasteiger partial charge in [-0.3, -0.25) is 4.90 Å². The summed E-state index contributed by atoms with van der Waals surface area (Å²) in [5.41, 5.74) is 0.391. The van der Waals surface area contributed by atoms with E-state index in [-0.39, 0.29) is 5.97 Å². The summed E-state index contributed by atoms with van der Waals surface area (Å²) in [4.78, 5) is 14.8. The van der Waals surface area contributed by atoms with Crippen LogP contribution in [-0.4, -0.2) is 36.6 Å². The molecule has 2 atom stereocenters. The highest BCUT2D eigenvalue weighted by molar-refractivity contribution is 6.36. The van der Waals surface area contributed by atoms with Crippen molar-refractivity contribution in [2.45, 2.75) is 38.1 Å². The van der Waals surface area contributed by atoms with Crippen LogP contribution in [0.25, 0.3) is 0 Å². The summed E-state index contributed by atoms with van der Waals surface area (Å²) < 4.78 is 5.54. The highest BCUT2D eigenvalue weighted by atomic mass is 35.5. The quantitative estimate of drug-likeness (QED) is 0.762. The third kappa shape index (κ3) is 3.58. The van der Waals surface area contributed by atoms with Gasteiger partial charge in [-0.25, -0.2) is 4.79 Å². The minimum Gasteiger partial charge on any atom is -0.462 e. The summed E-state index contributed by atoms with van der Waals surface area (Å²) in [5.74, 6) is 0.0960. The van der Waals surface area contributed by atoms with Crippen molar-refractivity contribution in [1.29, 1.82) is 0 Å². The van der Waals surface area contributed by atoms with Gasteiger partial charge in [-0.15, -0.1) is 0 Å². The molecule has 2 heterocycles. The van der Waals surface area contributed by atoms with Crippen LogP contribution in [0.5, 0.6) is 0 Å². The lowest BCUT2D eigenvalue weighted by Crippen LogP contribution is -2.49. The number of carbonyl (C=O) groups excluding carboxylic acids is 1. The number of carbonyl (C=O) groups is 1. The Morgan fingerprint density at radius 2 is 2.00 bits per heavy atom. The first-order chi connectivity index (χ1) is 10.6. The van der Waals surface area contributed by atoms with E-state index in [1.807, 2.05) is 0 Å². The molecule has 5 heteroatoms. The molecule has 0 amide bonds. The lowest BCUT2D eigenvalue weighted by molar-refractivity contribution is 0.00740. The molecule has 2 saturated heterocycles. The molecule has 0 radical (unpaired) electrons. The predicted molar refractivity (Wildman–Crippen MR) is 88.7 cm³/mol. The molecular weight excluding hydrogens is 321 g/mol. The zero-order valence-corrected chi connectivity index (χ0v) is 14.1. The molecule has 2 aliphatic rings. The van der Waals surface area contributed by atoms with Gasteiger partial charge in [0.2, 0.25) is 0 Å². The van der Waals surface area contributed by atoms with Crippen LogP contribution >= 0.6 is 23.2 Å². The fraction of sp³-hybridized carbons (Fsp3) is 0.588. The molecule has 3 nitrogen and oxygen atoms in total. The van der Waals surface area contributed by atoms with Crippen LogP contribution in [0.2, 0.25) is 10.0 Å². The number of ether oxygens (including phenoxy) is 1. The fourth-order valence-electron chi connectivity index (χ4n) is 3.69. The first-order valence-electron chi connectivity index (χ1n) is 8.01. The average Bonchev–Trinajstić information content (AvgIpc) is 2.52. The smallest absolute Gasteiger partial charge is 0.339 e. The Hall–Kier alpha value is -0.770. The van der Waals surface area contributed by atoms with Gasteiger partial charge in [0, 0.05) is 17.0 Å². The van der Waals surface area contributed by atoms with Gasteiger partial charge in [-0.1, -0.05) is 29.6 Å². The number of piperidine rings is 2. The summed E-state index contributed by atoms with van der Waals surface area (Å²) in [5, 5.41) is 0.868. The van der Waals surface area contributed by atoms with Crippen molar-refractivity contribution in [3.8, 4) is 0 Å². The van der Waals surface area contributed by atoms with Crippen LogP contribution in [-0.2, 0) is 4.74 Å². The maximum Gasteiger partial charge on any atom is 0.339 e. The number of rotatable bonds is 3. The van der Waals surface area contributed by atoms with E-state index in [1.165, 1.54) is 38.8 Å². The van der Waals surface area contributed by atoms with Gasteiger partial charge >= 0.3 is 5.97 Å². The fourth-order valence-corrected chi connectivity index (χ4v) is 4.17. The van der Waals surface area contributed by atoms with E-state index in [1.54, 1.807) is 18.2 Å². The van der Waals surface area contributed by atoms with Crippen molar-refractivity contribution in [1.82, 2.24) is 4.90 Å². The molecule has 0 unspecified atom stereocenters. The van der Waals surface area contributed by atoms with Crippen LogP contribution in [0.4, 0.5) is 0 Å². The Bertz CT molecular complexity index is 547. The lowest BCUT2D eigenvalue weighted by Gasteiger charge is -2.44. The van der Waals surface area contributed by atoms with Crippen molar-refractivity contribution in [2.24, 2.45) is 5.92 Å². The average molecular weight is 342 g/mol. The molecule has 3 rings (SSSR count). The zero-order valence-electron chi connectivity index (χ0n) is 12.6. The first kappa shape index (κ1) is 16.1. The Morgan fingerprint density at radius 1 is 1.18 bits per heavy atom. The molecule has 0 spiro atoms. The summed E-state index contributed by atoms with van der Waals surface area (Å²) in [6.07, 6.45) is 6.14. The van der Waals surface area contributed by atoms with E-state index in [0.29, 0.717) is 34.2 Å². The summed E-state index contributed by atoms with van der Waals surface area (Å²) in [6, 6.07) is 5.44. The highest BCUT2D eigenvalue weighted by Crippen LogP contribution is 2.31. The van der Waals surface area contributed by atoms with Crippen LogP contribution < -0.4 is 0 Å². The topological polar surface area (TPSA) is 29.5 Å². The number of halogens is 2. The van der Waals surface area contributed by atoms with Gasteiger partial charge in [0.05, 0.1) is 17.2 Å². The Balaban J connectivity index is 1.60. The van der Waals surface area contributed by atoms with Crippen molar-refractivity contribution in [3.63, 3.8) is 0 Å². The molecule has 0 saturated carbocycles. The second-order valence-electron chi connectivity index (χ2n) is 6.22. The third-order valence-electron chi connectivity index (χ3n) is 4.81. The summed E-state index contributed by atoms with van der Waals surface area (Å²) in [7, 11) is 0. The molecule has 22 heavy (non-hydrogen) atoms. The van der Waals surface area contributed by atoms with E-state index >= 15 is 0 Å². The molecule has 0 N–H and O–H groups in total. The number of nitrogens with zero attached hydrogens (tertiary/aromatic N) is 1. The van der Waals surface area contributed by atoms with E-state index in [0.717, 1.165) is 6.42 Å². The van der Waals surface area contributed by atoms with Crippen LogP contribution in [0.3, 0.4) is 0 Å². The second kappa shape index (κ2) is 7.20. The summed E-state index contributed by atoms with van der Waals surface area (Å²) >= 11 is 11.9. The van der Waals surface area contributed by atoms with Crippen molar-refractivity contribution in [2.75, 3.05) is 19.7 Å². The van der Waals surface area contributed by atoms with Gasteiger partial charge < -0.3 is 4.74 Å². The van der Waals surface area contributed by atoms with Crippen LogP contribution in [0.15, 0.2) is 18.2 Å². The molecule has 1 aromatic carbocycles. The first-order valence-corrected chi connectivity index (χ1v) is 8.77. The second-order valence-corrected chi connectivity index (χ2v) is 7.07. The number of fused-ring (bicyclic) bond motifs is 1. The SMILES string of the molecule is O=C(OC[C@H]1CCCN2CCCC[C@@H]12)c1ccc(Cl)cc1Cl. The molecule has 2 fully saturated rings. The molecule has 1 aromatic rings. The lowest BCUT2D eigenvalue weighted by atomic mass is 9.84. The monoisotopic (exact) mass is 341 g/mol. The predicted octanol–water partition coefficient (Wildman–Crippen LogP) is 4.41.